The molecule has 0 bridgehead atoms. The summed E-state index contributed by atoms with van der Waals surface area (Å²) in [5.41, 5.74) is 1.58. The Balaban J connectivity index is 0.000000240. The molecule has 0 radical (unpaired) electrons. The van der Waals surface area contributed by atoms with Gasteiger partial charge in [-0.1, -0.05) is 60.7 Å². The minimum Gasteiger partial charge on any atom is -0.429 e. The minimum absolute atomic E-state index is 0.484. The van der Waals surface area contributed by atoms with Crippen LogP contribution in [0.2, 0.25) is 0 Å². The molecule has 0 saturated carbocycles. The number of hydrogen-bond donors (Lipinski definition) is 0. The van der Waals surface area contributed by atoms with E-state index >= 15 is 0 Å². The van der Waals surface area contributed by atoms with E-state index in [1.54, 1.807) is 41.5 Å². The lowest BCUT2D eigenvalue weighted by Crippen LogP contribution is -2.30. The fraction of sp³-hybridized carbons (Fsp3) is 0.381. The second kappa shape index (κ2) is 8.53. The number of carbonyl (C=O) groups is 1. The Kier molecular flexibility index (Phi) is 7.02. The maximum absolute atomic E-state index is 11.0. The zero-order valence-corrected chi connectivity index (χ0v) is 15.5. The first-order valence-electron chi connectivity index (χ1n) is 8.09. The van der Waals surface area contributed by atoms with Crippen LogP contribution in [0.25, 0.3) is 11.1 Å². The van der Waals surface area contributed by atoms with Gasteiger partial charge in [-0.05, 0) is 52.7 Å². The van der Waals surface area contributed by atoms with Crippen LogP contribution < -0.4 is 0 Å². The van der Waals surface area contributed by atoms with Gasteiger partial charge in [0.25, 0.3) is 0 Å². The van der Waals surface area contributed by atoms with Crippen molar-refractivity contribution in [3.05, 3.63) is 60.7 Å². The summed E-state index contributed by atoms with van der Waals surface area (Å²) in [5.74, 6) is 0. The van der Waals surface area contributed by atoms with Crippen LogP contribution in [0.3, 0.4) is 0 Å². The van der Waals surface area contributed by atoms with Crippen LogP contribution in [0.1, 0.15) is 41.5 Å². The predicted molar refractivity (Wildman–Crippen MR) is 99.0 cm³/mol. The summed E-state index contributed by atoms with van der Waals surface area (Å²) >= 11 is 0. The summed E-state index contributed by atoms with van der Waals surface area (Å²) in [7, 11) is 0. The van der Waals surface area contributed by atoms with Crippen LogP contribution in [-0.4, -0.2) is 17.4 Å². The molecule has 2 rings (SSSR count). The molecule has 0 saturated heterocycles. The normalized spacial score (nSPS) is 11.1. The van der Waals surface area contributed by atoms with Crippen LogP contribution in [0.15, 0.2) is 60.7 Å². The molecule has 2 aromatic rings. The van der Waals surface area contributed by atoms with Crippen LogP contribution in [-0.2, 0) is 9.47 Å². The van der Waals surface area contributed by atoms with Gasteiger partial charge < -0.3 is 9.47 Å². The maximum atomic E-state index is 11.0. The van der Waals surface area contributed by atoms with Gasteiger partial charge in [0.2, 0.25) is 0 Å². The zero-order chi connectivity index (χ0) is 18.2. The first-order chi connectivity index (χ1) is 11.1. The zero-order valence-electron chi connectivity index (χ0n) is 15.5. The second-order valence-corrected chi connectivity index (χ2v) is 7.41. The summed E-state index contributed by atoms with van der Waals surface area (Å²) in [6.45, 7) is 10.8. The summed E-state index contributed by atoms with van der Waals surface area (Å²) in [5, 5.41) is 0. The molecule has 0 atom stereocenters. The molecule has 3 heteroatoms. The van der Waals surface area contributed by atoms with Gasteiger partial charge >= 0.3 is 6.16 Å². The minimum atomic E-state index is -0.616. The van der Waals surface area contributed by atoms with Crippen molar-refractivity contribution in [2.45, 2.75) is 52.7 Å². The molecular formula is C21H28O3. The molecule has 0 aliphatic carbocycles. The predicted octanol–water partition coefficient (Wildman–Crippen LogP) is 6.09. The fourth-order valence-electron chi connectivity index (χ4n) is 1.78. The van der Waals surface area contributed by atoms with E-state index in [-0.39, 0.29) is 0 Å². The highest BCUT2D eigenvalue weighted by molar-refractivity contribution is 5.62. The van der Waals surface area contributed by atoms with Gasteiger partial charge in [-0.2, -0.15) is 0 Å². The van der Waals surface area contributed by atoms with Crippen LogP contribution >= 0.6 is 0 Å². The lowest BCUT2D eigenvalue weighted by Gasteiger charge is -2.24. The van der Waals surface area contributed by atoms with Gasteiger partial charge in [0, 0.05) is 0 Å². The Morgan fingerprint density at radius 3 is 1.17 bits per heavy atom. The Bertz CT molecular complexity index is 550. The average Bonchev–Trinajstić information content (AvgIpc) is 2.46. The molecule has 0 fully saturated rings. The third kappa shape index (κ3) is 8.99. The number of rotatable bonds is 1. The number of benzene rings is 2. The second-order valence-electron chi connectivity index (χ2n) is 7.41. The summed E-state index contributed by atoms with van der Waals surface area (Å²) in [4.78, 5) is 11.0. The van der Waals surface area contributed by atoms with Crippen LogP contribution in [0.4, 0.5) is 4.79 Å². The van der Waals surface area contributed by atoms with Gasteiger partial charge in [-0.3, -0.25) is 0 Å². The molecule has 24 heavy (non-hydrogen) atoms. The van der Waals surface area contributed by atoms with E-state index in [1.807, 2.05) is 12.1 Å². The van der Waals surface area contributed by atoms with Crippen molar-refractivity contribution in [1.29, 1.82) is 0 Å². The molecule has 0 aliphatic heterocycles. The number of hydrogen-bond acceptors (Lipinski definition) is 3. The Hall–Kier alpha value is -2.29. The topological polar surface area (TPSA) is 35.5 Å². The number of carbonyl (C=O) groups excluding carboxylic acids is 1. The van der Waals surface area contributed by atoms with E-state index in [1.165, 1.54) is 11.1 Å². The summed E-state index contributed by atoms with van der Waals surface area (Å²) in [6, 6.07) is 20.8. The third-order valence-corrected chi connectivity index (χ3v) is 2.66. The first-order valence-corrected chi connectivity index (χ1v) is 8.09. The Labute approximate surface area is 145 Å². The average molecular weight is 328 g/mol. The summed E-state index contributed by atoms with van der Waals surface area (Å²) in [6.07, 6.45) is -0.616. The van der Waals surface area contributed by atoms with E-state index in [9.17, 15) is 4.79 Å². The molecule has 0 heterocycles. The van der Waals surface area contributed by atoms with Crippen molar-refractivity contribution < 1.29 is 14.3 Å². The van der Waals surface area contributed by atoms with Crippen molar-refractivity contribution in [3.8, 4) is 11.1 Å². The monoisotopic (exact) mass is 328 g/mol. The van der Waals surface area contributed by atoms with E-state index in [0.717, 1.165) is 0 Å². The van der Waals surface area contributed by atoms with E-state index in [4.69, 9.17) is 9.47 Å². The fourth-order valence-corrected chi connectivity index (χ4v) is 1.78. The highest BCUT2D eigenvalue weighted by Gasteiger charge is 2.22. The number of ether oxygens (including phenoxy) is 2. The molecule has 0 unspecified atom stereocenters. The Morgan fingerprint density at radius 1 is 0.625 bits per heavy atom. The molecule has 2 aromatic carbocycles. The van der Waals surface area contributed by atoms with E-state index in [2.05, 4.69) is 48.5 Å². The highest BCUT2D eigenvalue weighted by Crippen LogP contribution is 2.17. The molecule has 130 valence electrons. The quantitative estimate of drug-likeness (QED) is 0.594. The summed E-state index contributed by atoms with van der Waals surface area (Å²) < 4.78 is 9.91. The van der Waals surface area contributed by atoms with Gasteiger partial charge in [-0.25, -0.2) is 4.79 Å². The van der Waals surface area contributed by atoms with E-state index in [0.29, 0.717) is 0 Å². The van der Waals surface area contributed by atoms with E-state index < -0.39 is 17.4 Å². The molecule has 0 amide bonds. The standard InChI is InChI=1S/C12H10.C9H18O3/c1-3-7-11(8-4-1)12-9-5-2-6-10-12;1-8(2,3)11-7(10)12-9(4,5)6/h1-10H;1-6H3. The van der Waals surface area contributed by atoms with Crippen molar-refractivity contribution in [3.63, 3.8) is 0 Å². The van der Waals surface area contributed by atoms with Crippen molar-refractivity contribution >= 4 is 6.16 Å². The molecule has 0 aromatic heterocycles. The Morgan fingerprint density at radius 2 is 0.917 bits per heavy atom. The smallest absolute Gasteiger partial charge is 0.429 e. The highest BCUT2D eigenvalue weighted by atomic mass is 16.7. The molecule has 3 nitrogen and oxygen atoms in total. The largest absolute Gasteiger partial charge is 0.509 e. The first kappa shape index (κ1) is 19.8. The van der Waals surface area contributed by atoms with Gasteiger partial charge in [-0.15, -0.1) is 0 Å². The molecule has 0 aliphatic rings. The van der Waals surface area contributed by atoms with Gasteiger partial charge in [0.15, 0.2) is 0 Å². The lowest BCUT2D eigenvalue weighted by atomic mass is 10.1. The van der Waals surface area contributed by atoms with Crippen molar-refractivity contribution in [2.24, 2.45) is 0 Å². The van der Waals surface area contributed by atoms with Gasteiger partial charge in [0.05, 0.1) is 0 Å². The van der Waals surface area contributed by atoms with Crippen LogP contribution in [0.5, 0.6) is 0 Å². The molecule has 0 spiro atoms. The maximum Gasteiger partial charge on any atom is 0.509 e. The van der Waals surface area contributed by atoms with Crippen LogP contribution in [0, 0.1) is 0 Å². The van der Waals surface area contributed by atoms with Crippen molar-refractivity contribution in [1.82, 2.24) is 0 Å². The lowest BCUT2D eigenvalue weighted by molar-refractivity contribution is -0.0468. The molecular weight excluding hydrogens is 300 g/mol. The molecule has 0 N–H and O–H groups in total. The third-order valence-electron chi connectivity index (χ3n) is 2.66. The SMILES string of the molecule is CC(C)(C)OC(=O)OC(C)(C)C.c1ccc(-c2ccccc2)cc1. The van der Waals surface area contributed by atoms with Crippen molar-refractivity contribution in [2.75, 3.05) is 0 Å². The van der Waals surface area contributed by atoms with Gasteiger partial charge in [0.1, 0.15) is 11.2 Å².